The summed E-state index contributed by atoms with van der Waals surface area (Å²) in [6, 6.07) is 11.6. The lowest BCUT2D eigenvalue weighted by Gasteiger charge is -2.25. The maximum absolute atomic E-state index is 13.1. The van der Waals surface area contributed by atoms with Crippen molar-refractivity contribution in [1.82, 2.24) is 0 Å². The summed E-state index contributed by atoms with van der Waals surface area (Å²) >= 11 is 6.05. The number of halogens is 1. The molecule has 1 aliphatic carbocycles. The summed E-state index contributed by atoms with van der Waals surface area (Å²) in [6.07, 6.45) is 2.35. The van der Waals surface area contributed by atoms with Crippen LogP contribution in [0.1, 0.15) is 36.5 Å². The topological polar surface area (TPSA) is 75.7 Å². The summed E-state index contributed by atoms with van der Waals surface area (Å²) in [5, 5.41) is 3.23. The summed E-state index contributed by atoms with van der Waals surface area (Å²) in [5.41, 5.74) is 0.965. The molecule has 156 valence electrons. The van der Waals surface area contributed by atoms with Crippen LogP contribution in [0.5, 0.6) is 5.75 Å². The number of carbonyl (C=O) groups is 3. The SMILES string of the molecule is COc1ccc(Cl)cc1NC(=O)c1ccccc1N1C(=O)[C@@H]2CC[C@H](C)C[C@H]2C1=O. The molecule has 0 radical (unpaired) electrons. The predicted molar refractivity (Wildman–Crippen MR) is 115 cm³/mol. The lowest BCUT2D eigenvalue weighted by molar-refractivity contribution is -0.122. The second-order valence-electron chi connectivity index (χ2n) is 7.96. The van der Waals surface area contributed by atoms with Gasteiger partial charge in [-0.1, -0.05) is 30.7 Å². The van der Waals surface area contributed by atoms with Gasteiger partial charge >= 0.3 is 0 Å². The Morgan fingerprint density at radius 1 is 1.10 bits per heavy atom. The molecule has 2 aliphatic rings. The molecule has 2 fully saturated rings. The van der Waals surface area contributed by atoms with E-state index in [4.69, 9.17) is 16.3 Å². The van der Waals surface area contributed by atoms with E-state index >= 15 is 0 Å². The number of methoxy groups -OCH3 is 1. The number of hydrogen-bond acceptors (Lipinski definition) is 4. The first kappa shape index (κ1) is 20.4. The van der Waals surface area contributed by atoms with E-state index in [0.717, 1.165) is 6.42 Å². The van der Waals surface area contributed by atoms with Gasteiger partial charge < -0.3 is 10.1 Å². The lowest BCUT2D eigenvalue weighted by Crippen LogP contribution is -2.33. The van der Waals surface area contributed by atoms with Crippen molar-refractivity contribution in [2.24, 2.45) is 17.8 Å². The van der Waals surface area contributed by atoms with E-state index in [-0.39, 0.29) is 29.2 Å². The molecule has 1 heterocycles. The minimum Gasteiger partial charge on any atom is -0.495 e. The van der Waals surface area contributed by atoms with Crippen LogP contribution < -0.4 is 15.0 Å². The van der Waals surface area contributed by atoms with Crippen molar-refractivity contribution in [2.45, 2.75) is 26.2 Å². The van der Waals surface area contributed by atoms with Crippen molar-refractivity contribution in [3.05, 3.63) is 53.1 Å². The van der Waals surface area contributed by atoms with Crippen LogP contribution in [0, 0.1) is 17.8 Å². The number of para-hydroxylation sites is 1. The molecule has 7 heteroatoms. The Labute approximate surface area is 180 Å². The minimum atomic E-state index is -0.449. The number of nitrogens with zero attached hydrogens (tertiary/aromatic N) is 1. The average molecular weight is 427 g/mol. The number of benzene rings is 2. The van der Waals surface area contributed by atoms with Gasteiger partial charge in [0.05, 0.1) is 35.9 Å². The number of imide groups is 1. The quantitative estimate of drug-likeness (QED) is 0.729. The van der Waals surface area contributed by atoms with Crippen molar-refractivity contribution >= 4 is 40.7 Å². The zero-order valence-electron chi connectivity index (χ0n) is 16.9. The molecule has 3 atom stereocenters. The molecule has 1 N–H and O–H groups in total. The summed E-state index contributed by atoms with van der Waals surface area (Å²) in [4.78, 5) is 40.5. The molecular weight excluding hydrogens is 404 g/mol. The van der Waals surface area contributed by atoms with Crippen LogP contribution >= 0.6 is 11.6 Å². The van der Waals surface area contributed by atoms with E-state index < -0.39 is 5.91 Å². The van der Waals surface area contributed by atoms with Crippen LogP contribution in [-0.4, -0.2) is 24.8 Å². The number of carbonyl (C=O) groups excluding carboxylic acids is 3. The highest BCUT2D eigenvalue weighted by molar-refractivity contribution is 6.31. The molecule has 6 nitrogen and oxygen atoms in total. The first-order chi connectivity index (χ1) is 14.4. The van der Waals surface area contributed by atoms with E-state index in [1.807, 2.05) is 0 Å². The van der Waals surface area contributed by atoms with Crippen molar-refractivity contribution < 1.29 is 19.1 Å². The zero-order chi connectivity index (χ0) is 21.4. The number of amides is 3. The van der Waals surface area contributed by atoms with Crippen molar-refractivity contribution in [1.29, 1.82) is 0 Å². The summed E-state index contributed by atoms with van der Waals surface area (Å²) in [5.74, 6) is -0.594. The van der Waals surface area contributed by atoms with E-state index in [9.17, 15) is 14.4 Å². The molecule has 1 saturated heterocycles. The van der Waals surface area contributed by atoms with Crippen LogP contribution in [0.4, 0.5) is 11.4 Å². The zero-order valence-corrected chi connectivity index (χ0v) is 17.6. The predicted octanol–water partition coefficient (Wildman–Crippen LogP) is 4.53. The second kappa shape index (κ2) is 8.11. The third-order valence-electron chi connectivity index (χ3n) is 5.99. The first-order valence-electron chi connectivity index (χ1n) is 10.0. The van der Waals surface area contributed by atoms with Crippen molar-refractivity contribution in [2.75, 3.05) is 17.3 Å². The van der Waals surface area contributed by atoms with Gasteiger partial charge in [-0.15, -0.1) is 0 Å². The molecule has 0 unspecified atom stereocenters. The van der Waals surface area contributed by atoms with Gasteiger partial charge in [-0.25, -0.2) is 4.90 Å². The molecule has 2 aromatic carbocycles. The number of ether oxygens (including phenoxy) is 1. The Morgan fingerprint density at radius 3 is 2.60 bits per heavy atom. The van der Waals surface area contributed by atoms with Gasteiger partial charge in [0.1, 0.15) is 5.75 Å². The largest absolute Gasteiger partial charge is 0.495 e. The highest BCUT2D eigenvalue weighted by atomic mass is 35.5. The van der Waals surface area contributed by atoms with E-state index in [1.165, 1.54) is 12.0 Å². The van der Waals surface area contributed by atoms with Gasteiger partial charge in [0.2, 0.25) is 11.8 Å². The van der Waals surface area contributed by atoms with Crippen LogP contribution in [0.15, 0.2) is 42.5 Å². The monoisotopic (exact) mass is 426 g/mol. The standard InChI is InChI=1S/C23H23ClN2O4/c1-13-7-9-15-17(11-13)23(29)26(22(15)28)19-6-4-3-5-16(19)21(27)25-18-12-14(24)8-10-20(18)30-2/h3-6,8,10,12-13,15,17H,7,9,11H2,1-2H3,(H,25,27)/t13-,15+,17+/m0/s1. The maximum atomic E-state index is 13.1. The highest BCUT2D eigenvalue weighted by Gasteiger charge is 2.50. The van der Waals surface area contributed by atoms with Gasteiger partial charge in [0.15, 0.2) is 0 Å². The van der Waals surface area contributed by atoms with Crippen LogP contribution in [-0.2, 0) is 9.59 Å². The molecule has 4 rings (SSSR count). The molecule has 0 bridgehead atoms. The number of anilines is 2. The molecule has 0 aromatic heterocycles. The van der Waals surface area contributed by atoms with Crippen LogP contribution in [0.2, 0.25) is 5.02 Å². The Balaban J connectivity index is 1.67. The normalized spacial score (nSPS) is 23.3. The van der Waals surface area contributed by atoms with E-state index in [0.29, 0.717) is 40.9 Å². The minimum absolute atomic E-state index is 0.211. The van der Waals surface area contributed by atoms with Gasteiger partial charge in [0, 0.05) is 5.02 Å². The van der Waals surface area contributed by atoms with Gasteiger partial charge in [0.25, 0.3) is 5.91 Å². The molecule has 1 saturated carbocycles. The smallest absolute Gasteiger partial charge is 0.257 e. The van der Waals surface area contributed by atoms with Crippen molar-refractivity contribution in [3.8, 4) is 5.75 Å². The highest BCUT2D eigenvalue weighted by Crippen LogP contribution is 2.43. The van der Waals surface area contributed by atoms with Gasteiger partial charge in [-0.2, -0.15) is 0 Å². The summed E-state index contributed by atoms with van der Waals surface area (Å²) in [6.45, 7) is 2.11. The second-order valence-corrected chi connectivity index (χ2v) is 8.40. The Kier molecular flexibility index (Phi) is 5.52. The number of fused-ring (bicyclic) bond motifs is 1. The molecule has 0 spiro atoms. The number of rotatable bonds is 4. The Bertz CT molecular complexity index is 1020. The molecule has 1 aliphatic heterocycles. The van der Waals surface area contributed by atoms with Crippen LogP contribution in [0.3, 0.4) is 0 Å². The van der Waals surface area contributed by atoms with E-state index in [2.05, 4.69) is 12.2 Å². The average Bonchev–Trinajstić information content (AvgIpc) is 2.97. The fraction of sp³-hybridized carbons (Fsp3) is 0.348. The fourth-order valence-corrected chi connectivity index (χ4v) is 4.63. The summed E-state index contributed by atoms with van der Waals surface area (Å²) in [7, 11) is 1.50. The fourth-order valence-electron chi connectivity index (χ4n) is 4.46. The third-order valence-corrected chi connectivity index (χ3v) is 6.22. The molecular formula is C23H23ClN2O4. The molecule has 3 amide bonds. The Hall–Kier alpha value is -2.86. The van der Waals surface area contributed by atoms with Crippen molar-refractivity contribution in [3.63, 3.8) is 0 Å². The van der Waals surface area contributed by atoms with Crippen LogP contribution in [0.25, 0.3) is 0 Å². The first-order valence-corrected chi connectivity index (χ1v) is 10.4. The number of hydrogen-bond donors (Lipinski definition) is 1. The number of nitrogens with one attached hydrogen (secondary N) is 1. The maximum Gasteiger partial charge on any atom is 0.257 e. The molecule has 2 aromatic rings. The van der Waals surface area contributed by atoms with E-state index in [1.54, 1.807) is 42.5 Å². The van der Waals surface area contributed by atoms with Gasteiger partial charge in [-0.05, 0) is 55.5 Å². The lowest BCUT2D eigenvalue weighted by atomic mass is 9.76. The Morgan fingerprint density at radius 2 is 1.83 bits per heavy atom. The summed E-state index contributed by atoms with van der Waals surface area (Å²) < 4.78 is 5.28. The third kappa shape index (κ3) is 3.56. The molecule has 30 heavy (non-hydrogen) atoms. The van der Waals surface area contributed by atoms with Gasteiger partial charge in [-0.3, -0.25) is 14.4 Å².